The van der Waals surface area contributed by atoms with E-state index in [1.165, 1.54) is 0 Å². The van der Waals surface area contributed by atoms with Crippen molar-refractivity contribution >= 4 is 45.1 Å². The summed E-state index contributed by atoms with van der Waals surface area (Å²) in [5.41, 5.74) is 3.06. The van der Waals surface area contributed by atoms with Gasteiger partial charge in [0.25, 0.3) is 0 Å². The van der Waals surface area contributed by atoms with Gasteiger partial charge in [0.15, 0.2) is 0 Å². The number of benzene rings is 2. The van der Waals surface area contributed by atoms with E-state index in [0.29, 0.717) is 16.3 Å². The number of anilines is 1. The summed E-state index contributed by atoms with van der Waals surface area (Å²) in [6, 6.07) is 13.3. The van der Waals surface area contributed by atoms with Crippen LogP contribution >= 0.6 is 27.5 Å². The van der Waals surface area contributed by atoms with Gasteiger partial charge in [0.05, 0.1) is 0 Å². The van der Waals surface area contributed by atoms with Crippen LogP contribution < -0.4 is 10.8 Å². The van der Waals surface area contributed by atoms with E-state index in [0.717, 1.165) is 4.47 Å². The number of amides is 1. The van der Waals surface area contributed by atoms with Crippen LogP contribution in [-0.2, 0) is 4.84 Å². The molecule has 0 spiro atoms. The van der Waals surface area contributed by atoms with E-state index < -0.39 is 6.09 Å². The summed E-state index contributed by atoms with van der Waals surface area (Å²) in [7, 11) is 0. The van der Waals surface area contributed by atoms with Crippen LogP contribution in [0.3, 0.4) is 0 Å². The van der Waals surface area contributed by atoms with E-state index >= 15 is 0 Å². The third kappa shape index (κ3) is 5.12. The van der Waals surface area contributed by atoms with Crippen LogP contribution in [-0.4, -0.2) is 11.9 Å². The molecule has 0 atom stereocenters. The van der Waals surface area contributed by atoms with Gasteiger partial charge in [-0.1, -0.05) is 40.2 Å². The van der Waals surface area contributed by atoms with Crippen molar-refractivity contribution in [1.29, 1.82) is 0 Å². The van der Waals surface area contributed by atoms with E-state index in [4.69, 9.17) is 16.4 Å². The molecule has 0 bridgehead atoms. The lowest BCUT2D eigenvalue weighted by molar-refractivity contribution is 0.0926. The molecule has 0 aliphatic carbocycles. The predicted molar refractivity (Wildman–Crippen MR) is 92.3 cm³/mol. The average molecular weight is 396 g/mol. The fraction of sp³-hybridized carbons (Fsp3) is 0. The number of hydroxylamine groups is 1. The number of ketones is 1. The fourth-order valence-electron chi connectivity index (χ4n) is 1.64. The molecule has 0 radical (unpaired) electrons. The van der Waals surface area contributed by atoms with Gasteiger partial charge in [0, 0.05) is 20.7 Å². The number of hydrogen-bond acceptors (Lipinski definition) is 4. The molecule has 2 N–H and O–H groups in total. The third-order valence-corrected chi connectivity index (χ3v) is 3.48. The molecular weight excluding hydrogens is 384 g/mol. The molecule has 0 aliphatic heterocycles. The van der Waals surface area contributed by atoms with Crippen molar-refractivity contribution in [2.24, 2.45) is 0 Å². The van der Waals surface area contributed by atoms with Gasteiger partial charge in [-0.15, -0.1) is 0 Å². The van der Waals surface area contributed by atoms with Gasteiger partial charge in [-0.3, -0.25) is 10.1 Å². The second-order valence-corrected chi connectivity index (χ2v) is 5.79. The number of halogens is 2. The topological polar surface area (TPSA) is 67.4 Å². The van der Waals surface area contributed by atoms with Gasteiger partial charge in [0.2, 0.25) is 5.78 Å². The van der Waals surface area contributed by atoms with Crippen molar-refractivity contribution in [3.8, 4) is 0 Å². The monoisotopic (exact) mass is 394 g/mol. The molecule has 5 nitrogen and oxygen atoms in total. The second kappa shape index (κ2) is 7.80. The molecule has 0 saturated carbocycles. The standard InChI is InChI=1S/C16H12BrClN2O3/c1-10(15(21)11-5-7-12(17)8-6-11)20-23-16(22)19-14-4-2-3-13(18)9-14/h2-9,20H,1H2,(H,19,22). The van der Waals surface area contributed by atoms with Gasteiger partial charge < -0.3 is 4.84 Å². The third-order valence-electron chi connectivity index (χ3n) is 2.72. The Morgan fingerprint density at radius 2 is 1.83 bits per heavy atom. The van der Waals surface area contributed by atoms with Crippen LogP contribution in [0.2, 0.25) is 5.02 Å². The lowest BCUT2D eigenvalue weighted by Gasteiger charge is -2.10. The number of nitrogens with one attached hydrogen (secondary N) is 2. The zero-order valence-electron chi connectivity index (χ0n) is 11.8. The summed E-state index contributed by atoms with van der Waals surface area (Å²) >= 11 is 9.09. The Morgan fingerprint density at radius 1 is 1.13 bits per heavy atom. The van der Waals surface area contributed by atoms with Crippen molar-refractivity contribution in [2.75, 3.05) is 5.32 Å². The molecule has 0 heterocycles. The molecule has 0 saturated heterocycles. The molecule has 2 rings (SSSR count). The zero-order chi connectivity index (χ0) is 16.8. The number of Topliss-reactive ketones (excluding diaryl/α,β-unsaturated/α-hetero) is 1. The van der Waals surface area contributed by atoms with Crippen molar-refractivity contribution < 1.29 is 14.4 Å². The highest BCUT2D eigenvalue weighted by molar-refractivity contribution is 9.10. The van der Waals surface area contributed by atoms with Gasteiger partial charge >= 0.3 is 6.09 Å². The molecule has 0 aliphatic rings. The van der Waals surface area contributed by atoms with E-state index in [1.807, 2.05) is 0 Å². The summed E-state index contributed by atoms with van der Waals surface area (Å²) in [5, 5.41) is 2.93. The summed E-state index contributed by atoms with van der Waals surface area (Å²) < 4.78 is 0.852. The number of rotatable bonds is 5. The van der Waals surface area contributed by atoms with Crippen molar-refractivity contribution in [3.63, 3.8) is 0 Å². The zero-order valence-corrected chi connectivity index (χ0v) is 14.1. The minimum Gasteiger partial charge on any atom is -0.324 e. The summed E-state index contributed by atoms with van der Waals surface area (Å²) in [6.07, 6.45) is -0.794. The quantitative estimate of drug-likeness (QED) is 0.443. The summed E-state index contributed by atoms with van der Waals surface area (Å²) in [5.74, 6) is -0.381. The molecule has 7 heteroatoms. The highest BCUT2D eigenvalue weighted by Crippen LogP contribution is 2.15. The highest BCUT2D eigenvalue weighted by Gasteiger charge is 2.12. The molecule has 1 amide bonds. The average Bonchev–Trinajstić information content (AvgIpc) is 2.52. The maximum Gasteiger partial charge on any atom is 0.435 e. The number of carbonyl (C=O) groups is 2. The first-order valence-electron chi connectivity index (χ1n) is 6.44. The Morgan fingerprint density at radius 3 is 2.48 bits per heavy atom. The Balaban J connectivity index is 1.87. The Hall–Kier alpha value is -2.31. The Bertz CT molecular complexity index is 747. The fourth-order valence-corrected chi connectivity index (χ4v) is 2.09. The second-order valence-electron chi connectivity index (χ2n) is 4.44. The summed E-state index contributed by atoms with van der Waals surface area (Å²) in [4.78, 5) is 28.4. The molecule has 0 aromatic heterocycles. The van der Waals surface area contributed by atoms with E-state index in [2.05, 4.69) is 33.3 Å². The van der Waals surface area contributed by atoms with Crippen LogP contribution in [0.1, 0.15) is 10.4 Å². The van der Waals surface area contributed by atoms with Crippen LogP contribution in [0.25, 0.3) is 0 Å². The first kappa shape index (κ1) is 17.1. The van der Waals surface area contributed by atoms with Gasteiger partial charge in [-0.25, -0.2) is 10.3 Å². The molecule has 118 valence electrons. The first-order chi connectivity index (χ1) is 11.0. The van der Waals surface area contributed by atoms with Crippen LogP contribution in [0.15, 0.2) is 65.3 Å². The van der Waals surface area contributed by atoms with Crippen molar-refractivity contribution in [3.05, 3.63) is 75.9 Å². The van der Waals surface area contributed by atoms with Crippen LogP contribution in [0, 0.1) is 0 Å². The largest absolute Gasteiger partial charge is 0.435 e. The molecule has 2 aromatic carbocycles. The molecule has 0 fully saturated rings. The summed E-state index contributed by atoms with van der Waals surface area (Å²) in [6.45, 7) is 3.55. The number of hydrogen-bond donors (Lipinski definition) is 2. The van der Waals surface area contributed by atoms with Crippen LogP contribution in [0.5, 0.6) is 0 Å². The minimum atomic E-state index is -0.794. The minimum absolute atomic E-state index is 0.0615. The van der Waals surface area contributed by atoms with Gasteiger partial charge in [0.1, 0.15) is 5.70 Å². The molecular formula is C16H12BrClN2O3. The van der Waals surface area contributed by atoms with Gasteiger partial charge in [-0.05, 0) is 42.5 Å². The molecule has 23 heavy (non-hydrogen) atoms. The van der Waals surface area contributed by atoms with E-state index in [1.54, 1.807) is 48.5 Å². The van der Waals surface area contributed by atoms with Crippen molar-refractivity contribution in [1.82, 2.24) is 5.48 Å². The van der Waals surface area contributed by atoms with Crippen LogP contribution in [0.4, 0.5) is 10.5 Å². The maximum absolute atomic E-state index is 12.1. The highest BCUT2D eigenvalue weighted by atomic mass is 79.9. The van der Waals surface area contributed by atoms with E-state index in [9.17, 15) is 9.59 Å². The Labute approximate surface area is 146 Å². The number of allylic oxidation sites excluding steroid dienone is 1. The SMILES string of the molecule is C=C(NOC(=O)Nc1cccc(Cl)c1)C(=O)c1ccc(Br)cc1. The number of carbonyl (C=O) groups excluding carboxylic acids is 2. The van der Waals surface area contributed by atoms with E-state index in [-0.39, 0.29) is 11.5 Å². The molecule has 2 aromatic rings. The molecule has 0 unspecified atom stereocenters. The Kier molecular flexibility index (Phi) is 5.78. The van der Waals surface area contributed by atoms with Crippen molar-refractivity contribution in [2.45, 2.75) is 0 Å². The van der Waals surface area contributed by atoms with Gasteiger partial charge in [-0.2, -0.15) is 0 Å². The lowest BCUT2D eigenvalue weighted by Crippen LogP contribution is -2.26. The lowest BCUT2D eigenvalue weighted by atomic mass is 10.1. The smallest absolute Gasteiger partial charge is 0.324 e. The maximum atomic E-state index is 12.1. The predicted octanol–water partition coefficient (Wildman–Crippen LogP) is 4.55. The first-order valence-corrected chi connectivity index (χ1v) is 7.61. The normalized spacial score (nSPS) is 9.83.